The fraction of sp³-hybridized carbons (Fsp3) is 0.286. The van der Waals surface area contributed by atoms with E-state index in [0.717, 1.165) is 0 Å². The van der Waals surface area contributed by atoms with Gasteiger partial charge in [0.1, 0.15) is 10.7 Å². The van der Waals surface area contributed by atoms with Gasteiger partial charge in [0.2, 0.25) is 5.28 Å². The number of hydrogen-bond donors (Lipinski definition) is 0. The molecule has 0 spiro atoms. The number of hydrogen-bond acceptors (Lipinski definition) is 4. The number of aromatic nitrogens is 2. The van der Waals surface area contributed by atoms with Crippen LogP contribution in [0.15, 0.2) is 11.1 Å². The molecule has 0 aliphatic carbocycles. The average Bonchev–Trinajstić information content (AvgIpc) is 2.03. The molecule has 5 heteroatoms. The SMILES string of the molecule is CSc1cc(C(C)=O)nc(Cl)n1. The summed E-state index contributed by atoms with van der Waals surface area (Å²) in [6.07, 6.45) is 1.86. The van der Waals surface area contributed by atoms with E-state index in [1.165, 1.54) is 18.7 Å². The highest BCUT2D eigenvalue weighted by Gasteiger charge is 2.05. The maximum atomic E-state index is 10.9. The predicted octanol–water partition coefficient (Wildman–Crippen LogP) is 2.05. The summed E-state index contributed by atoms with van der Waals surface area (Å²) in [4.78, 5) is 18.6. The van der Waals surface area contributed by atoms with E-state index in [9.17, 15) is 4.79 Å². The molecule has 1 rings (SSSR count). The van der Waals surface area contributed by atoms with Gasteiger partial charge in [-0.25, -0.2) is 9.97 Å². The maximum Gasteiger partial charge on any atom is 0.224 e. The standard InChI is InChI=1S/C7H7ClN2OS/c1-4(11)5-3-6(12-2)10-7(8)9-5/h3H,1-2H3. The van der Waals surface area contributed by atoms with E-state index < -0.39 is 0 Å². The van der Waals surface area contributed by atoms with Gasteiger partial charge in [0.15, 0.2) is 5.78 Å². The van der Waals surface area contributed by atoms with E-state index in [0.29, 0.717) is 10.7 Å². The number of thioether (sulfide) groups is 1. The molecule has 1 aromatic heterocycles. The second kappa shape index (κ2) is 3.87. The molecule has 0 aromatic carbocycles. The molecule has 0 radical (unpaired) electrons. The molecule has 0 amide bonds. The van der Waals surface area contributed by atoms with Gasteiger partial charge in [-0.05, 0) is 23.9 Å². The minimum Gasteiger partial charge on any atom is -0.293 e. The number of carbonyl (C=O) groups is 1. The van der Waals surface area contributed by atoms with Crippen molar-refractivity contribution in [2.45, 2.75) is 11.9 Å². The van der Waals surface area contributed by atoms with Crippen molar-refractivity contribution in [3.05, 3.63) is 17.0 Å². The summed E-state index contributed by atoms with van der Waals surface area (Å²) in [5.74, 6) is -0.102. The van der Waals surface area contributed by atoms with E-state index in [-0.39, 0.29) is 11.1 Å². The van der Waals surface area contributed by atoms with Crippen molar-refractivity contribution in [2.24, 2.45) is 0 Å². The van der Waals surface area contributed by atoms with Gasteiger partial charge in [-0.2, -0.15) is 0 Å². The molecule has 0 bridgehead atoms. The van der Waals surface area contributed by atoms with Gasteiger partial charge in [-0.15, -0.1) is 11.8 Å². The van der Waals surface area contributed by atoms with Crippen molar-refractivity contribution < 1.29 is 4.79 Å². The lowest BCUT2D eigenvalue weighted by atomic mass is 10.3. The highest BCUT2D eigenvalue weighted by Crippen LogP contribution is 2.15. The van der Waals surface area contributed by atoms with Crippen LogP contribution in [0.3, 0.4) is 0 Å². The van der Waals surface area contributed by atoms with E-state index in [2.05, 4.69) is 9.97 Å². The normalized spacial score (nSPS) is 9.92. The second-order valence-electron chi connectivity index (χ2n) is 2.12. The first-order valence-corrected chi connectivity index (χ1v) is 4.83. The zero-order chi connectivity index (χ0) is 9.14. The second-order valence-corrected chi connectivity index (χ2v) is 3.29. The van der Waals surface area contributed by atoms with Crippen LogP contribution in [0.2, 0.25) is 5.28 Å². The van der Waals surface area contributed by atoms with Crippen LogP contribution in [-0.2, 0) is 0 Å². The van der Waals surface area contributed by atoms with Crippen LogP contribution in [-0.4, -0.2) is 22.0 Å². The minimum atomic E-state index is -0.102. The first kappa shape index (κ1) is 9.48. The molecule has 0 aliphatic rings. The zero-order valence-corrected chi connectivity index (χ0v) is 8.24. The Kier molecular flexibility index (Phi) is 3.05. The van der Waals surface area contributed by atoms with Gasteiger partial charge in [0.25, 0.3) is 0 Å². The number of ketones is 1. The lowest BCUT2D eigenvalue weighted by Gasteiger charge is -1.98. The van der Waals surface area contributed by atoms with Crippen LogP contribution in [0, 0.1) is 0 Å². The van der Waals surface area contributed by atoms with Crippen LogP contribution in [0.1, 0.15) is 17.4 Å². The van der Waals surface area contributed by atoms with Gasteiger partial charge in [-0.1, -0.05) is 0 Å². The number of carbonyl (C=O) groups excluding carboxylic acids is 1. The quantitative estimate of drug-likeness (QED) is 0.319. The fourth-order valence-corrected chi connectivity index (χ4v) is 1.32. The summed E-state index contributed by atoms with van der Waals surface area (Å²) in [6.45, 7) is 1.45. The Hall–Kier alpha value is -0.610. The first-order valence-electron chi connectivity index (χ1n) is 3.23. The van der Waals surface area contributed by atoms with Crippen molar-refractivity contribution >= 4 is 29.1 Å². The highest BCUT2D eigenvalue weighted by molar-refractivity contribution is 7.98. The number of nitrogens with zero attached hydrogens (tertiary/aromatic N) is 2. The van der Waals surface area contributed by atoms with E-state index in [1.54, 1.807) is 6.07 Å². The van der Waals surface area contributed by atoms with Crippen LogP contribution in [0.25, 0.3) is 0 Å². The van der Waals surface area contributed by atoms with Crippen LogP contribution in [0.5, 0.6) is 0 Å². The summed E-state index contributed by atoms with van der Waals surface area (Å²) in [7, 11) is 0. The molecule has 1 aromatic rings. The van der Waals surface area contributed by atoms with Gasteiger partial charge in [0, 0.05) is 6.92 Å². The zero-order valence-electron chi connectivity index (χ0n) is 6.67. The lowest BCUT2D eigenvalue weighted by molar-refractivity contribution is 0.101. The highest BCUT2D eigenvalue weighted by atomic mass is 35.5. The van der Waals surface area contributed by atoms with Gasteiger partial charge in [0.05, 0.1) is 0 Å². The molecular weight excluding hydrogens is 196 g/mol. The molecule has 0 unspecified atom stereocenters. The summed E-state index contributed by atoms with van der Waals surface area (Å²) >= 11 is 7.01. The van der Waals surface area contributed by atoms with Crippen molar-refractivity contribution in [1.29, 1.82) is 0 Å². The van der Waals surface area contributed by atoms with E-state index in [1.807, 2.05) is 6.26 Å². The molecule has 0 atom stereocenters. The third-order valence-electron chi connectivity index (χ3n) is 1.25. The number of Topliss-reactive ketones (excluding diaryl/α,β-unsaturated/α-hetero) is 1. The number of halogens is 1. The molecule has 0 N–H and O–H groups in total. The summed E-state index contributed by atoms with van der Waals surface area (Å²) in [6, 6.07) is 1.62. The van der Waals surface area contributed by atoms with Crippen LogP contribution in [0.4, 0.5) is 0 Å². The van der Waals surface area contributed by atoms with E-state index in [4.69, 9.17) is 11.6 Å². The molecule has 1 heterocycles. The molecular formula is C7H7ClN2OS. The topological polar surface area (TPSA) is 42.9 Å². The fourth-order valence-electron chi connectivity index (χ4n) is 0.682. The van der Waals surface area contributed by atoms with Crippen molar-refractivity contribution in [2.75, 3.05) is 6.26 Å². The molecule has 0 saturated carbocycles. The summed E-state index contributed by atoms with van der Waals surface area (Å²) in [5, 5.41) is 0.826. The first-order chi connectivity index (χ1) is 5.63. The Morgan fingerprint density at radius 1 is 1.58 bits per heavy atom. The maximum absolute atomic E-state index is 10.9. The average molecular weight is 203 g/mol. The molecule has 0 saturated heterocycles. The smallest absolute Gasteiger partial charge is 0.224 e. The summed E-state index contributed by atoms with van der Waals surface area (Å²) < 4.78 is 0. The molecule has 3 nitrogen and oxygen atoms in total. The van der Waals surface area contributed by atoms with Crippen molar-refractivity contribution in [3.8, 4) is 0 Å². The molecule has 0 fully saturated rings. The monoisotopic (exact) mass is 202 g/mol. The van der Waals surface area contributed by atoms with Crippen molar-refractivity contribution in [3.63, 3.8) is 0 Å². The van der Waals surface area contributed by atoms with Crippen LogP contribution >= 0.6 is 23.4 Å². The largest absolute Gasteiger partial charge is 0.293 e. The Morgan fingerprint density at radius 3 is 2.75 bits per heavy atom. The van der Waals surface area contributed by atoms with Crippen LogP contribution < -0.4 is 0 Å². The molecule has 12 heavy (non-hydrogen) atoms. The van der Waals surface area contributed by atoms with Gasteiger partial charge >= 0.3 is 0 Å². The third kappa shape index (κ3) is 2.19. The number of rotatable bonds is 2. The molecule has 64 valence electrons. The predicted molar refractivity (Wildman–Crippen MR) is 48.8 cm³/mol. The minimum absolute atomic E-state index is 0.102. The van der Waals surface area contributed by atoms with Gasteiger partial charge in [-0.3, -0.25) is 4.79 Å². The third-order valence-corrected chi connectivity index (χ3v) is 2.04. The molecule has 0 aliphatic heterocycles. The summed E-state index contributed by atoms with van der Waals surface area (Å²) in [5.41, 5.74) is 0.361. The van der Waals surface area contributed by atoms with Gasteiger partial charge < -0.3 is 0 Å². The Labute approximate surface area is 79.6 Å². The van der Waals surface area contributed by atoms with E-state index >= 15 is 0 Å². The lowest BCUT2D eigenvalue weighted by Crippen LogP contribution is -1.99. The Bertz CT molecular complexity index is 316. The Morgan fingerprint density at radius 2 is 2.25 bits per heavy atom. The van der Waals surface area contributed by atoms with Crippen molar-refractivity contribution in [1.82, 2.24) is 9.97 Å². The Balaban J connectivity index is 3.15.